The molecule has 0 aliphatic carbocycles. The summed E-state index contributed by atoms with van der Waals surface area (Å²) in [7, 11) is 0. The van der Waals surface area contributed by atoms with Crippen LogP contribution >= 0.6 is 0 Å². The van der Waals surface area contributed by atoms with Gasteiger partial charge in [-0.3, -0.25) is 4.79 Å². The van der Waals surface area contributed by atoms with Crippen molar-refractivity contribution in [2.45, 2.75) is 26.4 Å². The maximum absolute atomic E-state index is 11.0. The third-order valence-electron chi connectivity index (χ3n) is 4.50. The van der Waals surface area contributed by atoms with Crippen LogP contribution in [0.25, 0.3) is 11.5 Å². The monoisotopic (exact) mass is 374 g/mol. The number of aromatic nitrogens is 2. The molecule has 0 N–H and O–H groups in total. The third-order valence-corrected chi connectivity index (χ3v) is 4.50. The Morgan fingerprint density at radius 1 is 1.29 bits per heavy atom. The van der Waals surface area contributed by atoms with Crippen molar-refractivity contribution in [3.8, 4) is 23.3 Å². The van der Waals surface area contributed by atoms with Crippen molar-refractivity contribution in [2.24, 2.45) is 0 Å². The molecule has 3 aromatic rings. The van der Waals surface area contributed by atoms with Crippen LogP contribution in [0.3, 0.4) is 0 Å². The van der Waals surface area contributed by atoms with Crippen LogP contribution in [-0.4, -0.2) is 29.1 Å². The SMILES string of the molecule is CC(C)Oc1ccc(-c2nc(N3CCc4cc(C=O)ccc43)no2)cc1C#N. The van der Waals surface area contributed by atoms with E-state index < -0.39 is 0 Å². The Hall–Kier alpha value is -3.66. The molecular weight excluding hydrogens is 356 g/mol. The first-order valence-electron chi connectivity index (χ1n) is 8.99. The smallest absolute Gasteiger partial charge is 0.270 e. The van der Waals surface area contributed by atoms with Crippen molar-refractivity contribution >= 4 is 17.9 Å². The Balaban J connectivity index is 1.63. The van der Waals surface area contributed by atoms with Crippen molar-refractivity contribution in [1.29, 1.82) is 5.26 Å². The second kappa shape index (κ2) is 7.16. The number of aldehydes is 1. The summed E-state index contributed by atoms with van der Waals surface area (Å²) < 4.78 is 11.1. The molecule has 0 saturated heterocycles. The van der Waals surface area contributed by atoms with Crippen molar-refractivity contribution in [3.63, 3.8) is 0 Å². The van der Waals surface area contributed by atoms with Crippen LogP contribution in [0.1, 0.15) is 35.3 Å². The van der Waals surface area contributed by atoms with E-state index in [2.05, 4.69) is 16.2 Å². The molecule has 0 unspecified atom stereocenters. The van der Waals surface area contributed by atoms with Gasteiger partial charge < -0.3 is 14.2 Å². The maximum Gasteiger partial charge on any atom is 0.270 e. The number of rotatable bonds is 5. The predicted octanol–water partition coefficient (Wildman–Crippen LogP) is 3.90. The number of carbonyl (C=O) groups excluding carboxylic acids is 1. The molecule has 2 aromatic carbocycles. The summed E-state index contributed by atoms with van der Waals surface area (Å²) in [6, 6.07) is 12.9. The normalized spacial score (nSPS) is 12.7. The van der Waals surface area contributed by atoms with Crippen LogP contribution in [0.2, 0.25) is 0 Å². The number of ether oxygens (including phenoxy) is 1. The predicted molar refractivity (Wildman–Crippen MR) is 103 cm³/mol. The molecular formula is C21H18N4O3. The number of fused-ring (bicyclic) bond motifs is 1. The van der Waals surface area contributed by atoms with Crippen LogP contribution in [-0.2, 0) is 6.42 Å². The molecule has 0 atom stereocenters. The number of benzene rings is 2. The lowest BCUT2D eigenvalue weighted by Crippen LogP contribution is -2.14. The van der Waals surface area contributed by atoms with Gasteiger partial charge >= 0.3 is 0 Å². The van der Waals surface area contributed by atoms with Crippen LogP contribution in [0.4, 0.5) is 11.6 Å². The number of hydrogen-bond acceptors (Lipinski definition) is 7. The lowest BCUT2D eigenvalue weighted by atomic mass is 10.1. The molecule has 0 radical (unpaired) electrons. The van der Waals surface area contributed by atoms with Crippen molar-refractivity contribution in [2.75, 3.05) is 11.4 Å². The second-order valence-electron chi connectivity index (χ2n) is 6.80. The third kappa shape index (κ3) is 3.21. The summed E-state index contributed by atoms with van der Waals surface area (Å²) in [6.45, 7) is 4.53. The minimum absolute atomic E-state index is 0.0251. The fourth-order valence-electron chi connectivity index (χ4n) is 3.25. The van der Waals surface area contributed by atoms with Gasteiger partial charge in [0.15, 0.2) is 0 Å². The highest BCUT2D eigenvalue weighted by Crippen LogP contribution is 2.34. The Morgan fingerprint density at radius 2 is 2.14 bits per heavy atom. The van der Waals surface area contributed by atoms with Gasteiger partial charge in [-0.05, 0) is 67.4 Å². The topological polar surface area (TPSA) is 92.2 Å². The van der Waals surface area contributed by atoms with Gasteiger partial charge in [-0.2, -0.15) is 10.2 Å². The Labute approximate surface area is 162 Å². The van der Waals surface area contributed by atoms with Crippen molar-refractivity contribution < 1.29 is 14.1 Å². The van der Waals surface area contributed by atoms with Gasteiger partial charge in [0.05, 0.1) is 11.7 Å². The van der Waals surface area contributed by atoms with E-state index in [-0.39, 0.29) is 6.10 Å². The van der Waals surface area contributed by atoms with E-state index in [1.165, 1.54) is 0 Å². The van der Waals surface area contributed by atoms with Gasteiger partial charge in [0.25, 0.3) is 11.8 Å². The quantitative estimate of drug-likeness (QED) is 0.625. The van der Waals surface area contributed by atoms with E-state index in [0.717, 1.165) is 24.0 Å². The van der Waals surface area contributed by atoms with Gasteiger partial charge in [0.2, 0.25) is 0 Å². The standard InChI is InChI=1S/C21H18N4O3/c1-13(2)27-19-6-4-16(10-17(19)11-22)20-23-21(24-28-20)25-8-7-15-9-14(12-26)3-5-18(15)25/h3-6,9-10,12-13H,7-8H2,1-2H3. The number of nitrogens with zero attached hydrogens (tertiary/aromatic N) is 4. The zero-order valence-corrected chi connectivity index (χ0v) is 15.5. The molecule has 1 aliphatic rings. The van der Waals surface area contributed by atoms with Crippen LogP contribution in [0, 0.1) is 11.3 Å². The van der Waals surface area contributed by atoms with E-state index in [9.17, 15) is 10.1 Å². The molecule has 7 nitrogen and oxygen atoms in total. The van der Waals surface area contributed by atoms with Gasteiger partial charge in [-0.1, -0.05) is 0 Å². The van der Waals surface area contributed by atoms with Crippen LogP contribution in [0.5, 0.6) is 5.75 Å². The minimum Gasteiger partial charge on any atom is -0.490 e. The first kappa shape index (κ1) is 17.7. The lowest BCUT2D eigenvalue weighted by molar-refractivity contribution is 0.112. The van der Waals surface area contributed by atoms with Gasteiger partial charge in [0.1, 0.15) is 18.1 Å². The molecule has 0 amide bonds. The lowest BCUT2D eigenvalue weighted by Gasteiger charge is -2.13. The molecule has 7 heteroatoms. The number of carbonyl (C=O) groups is 1. The molecule has 28 heavy (non-hydrogen) atoms. The number of hydrogen-bond donors (Lipinski definition) is 0. The molecule has 2 heterocycles. The van der Waals surface area contributed by atoms with Gasteiger partial charge in [-0.15, -0.1) is 0 Å². The molecule has 1 aromatic heterocycles. The highest BCUT2D eigenvalue weighted by molar-refractivity contribution is 5.78. The van der Waals surface area contributed by atoms with E-state index in [4.69, 9.17) is 9.26 Å². The molecule has 0 bridgehead atoms. The molecule has 140 valence electrons. The zero-order chi connectivity index (χ0) is 19.7. The maximum atomic E-state index is 11.0. The second-order valence-corrected chi connectivity index (χ2v) is 6.80. The summed E-state index contributed by atoms with van der Waals surface area (Å²) in [5, 5.41) is 13.5. The highest BCUT2D eigenvalue weighted by atomic mass is 16.5. The largest absolute Gasteiger partial charge is 0.490 e. The minimum atomic E-state index is -0.0251. The number of anilines is 2. The first-order valence-corrected chi connectivity index (χ1v) is 8.99. The summed E-state index contributed by atoms with van der Waals surface area (Å²) in [4.78, 5) is 17.4. The Morgan fingerprint density at radius 3 is 2.89 bits per heavy atom. The highest BCUT2D eigenvalue weighted by Gasteiger charge is 2.25. The summed E-state index contributed by atoms with van der Waals surface area (Å²) in [5.74, 6) is 1.31. The van der Waals surface area contributed by atoms with Gasteiger partial charge in [0, 0.05) is 23.4 Å². The number of nitriles is 1. The van der Waals surface area contributed by atoms with Crippen LogP contribution < -0.4 is 9.64 Å². The Bertz CT molecular complexity index is 1080. The fraction of sp³-hybridized carbons (Fsp3) is 0.238. The van der Waals surface area contributed by atoms with Crippen LogP contribution in [0.15, 0.2) is 40.9 Å². The average Bonchev–Trinajstić information content (AvgIpc) is 3.34. The van der Waals surface area contributed by atoms with Gasteiger partial charge in [-0.25, -0.2) is 0 Å². The van der Waals surface area contributed by atoms with E-state index in [1.807, 2.05) is 30.9 Å². The molecule has 0 fully saturated rings. The Kier molecular flexibility index (Phi) is 4.53. The fourth-order valence-corrected chi connectivity index (χ4v) is 3.25. The first-order chi connectivity index (χ1) is 13.6. The van der Waals surface area contributed by atoms with Crippen molar-refractivity contribution in [3.05, 3.63) is 53.1 Å². The molecule has 1 aliphatic heterocycles. The molecule has 4 rings (SSSR count). The van der Waals surface area contributed by atoms with E-state index in [1.54, 1.807) is 24.3 Å². The van der Waals surface area contributed by atoms with E-state index >= 15 is 0 Å². The summed E-state index contributed by atoms with van der Waals surface area (Å²) >= 11 is 0. The zero-order valence-electron chi connectivity index (χ0n) is 15.5. The van der Waals surface area contributed by atoms with Crippen molar-refractivity contribution in [1.82, 2.24) is 10.1 Å². The summed E-state index contributed by atoms with van der Waals surface area (Å²) in [5.41, 5.74) is 3.78. The average molecular weight is 374 g/mol. The molecule has 0 spiro atoms. The van der Waals surface area contributed by atoms with E-state index in [0.29, 0.717) is 40.8 Å². The molecule has 0 saturated carbocycles. The summed E-state index contributed by atoms with van der Waals surface area (Å²) in [6.07, 6.45) is 1.62.